The van der Waals surface area contributed by atoms with E-state index in [1.807, 2.05) is 18.2 Å². The first-order valence-electron chi connectivity index (χ1n) is 10.6. The molecule has 4 nitrogen and oxygen atoms in total. The number of aromatic hydroxyl groups is 1. The summed E-state index contributed by atoms with van der Waals surface area (Å²) in [6, 6.07) is 7.52. The van der Waals surface area contributed by atoms with Crippen molar-refractivity contribution in [2.24, 2.45) is 22.2 Å². The molecule has 2 atom stereocenters. The fourth-order valence-electron chi connectivity index (χ4n) is 7.90. The van der Waals surface area contributed by atoms with Gasteiger partial charge in [0.15, 0.2) is 0 Å². The third-order valence-electron chi connectivity index (χ3n) is 7.87. The Bertz CT molecular complexity index is 749. The Kier molecular flexibility index (Phi) is 3.64. The molecule has 5 fully saturated rings. The number of piperazine rings is 1. The van der Waals surface area contributed by atoms with Crippen LogP contribution in [0, 0.1) is 22.2 Å². The van der Waals surface area contributed by atoms with Crippen molar-refractivity contribution in [3.05, 3.63) is 24.3 Å². The summed E-state index contributed by atoms with van der Waals surface area (Å²) in [7, 11) is 0. The number of phenolic OH excluding ortho intramolecular Hbond substituents is 1. The third kappa shape index (κ3) is 2.75. The number of benzene rings is 1. The highest BCUT2D eigenvalue weighted by Crippen LogP contribution is 2.69. The van der Waals surface area contributed by atoms with E-state index in [0.717, 1.165) is 57.0 Å². The van der Waals surface area contributed by atoms with E-state index in [0.29, 0.717) is 22.5 Å². The lowest BCUT2D eigenvalue weighted by atomic mass is 9.40. The van der Waals surface area contributed by atoms with Gasteiger partial charge in [0.05, 0.1) is 11.1 Å². The minimum absolute atomic E-state index is 0.0972. The fourth-order valence-corrected chi connectivity index (χ4v) is 7.90. The Labute approximate surface area is 162 Å². The summed E-state index contributed by atoms with van der Waals surface area (Å²) < 4.78 is 0. The van der Waals surface area contributed by atoms with Gasteiger partial charge in [0, 0.05) is 26.2 Å². The number of para-hydroxylation sites is 2. The lowest BCUT2D eigenvalue weighted by Gasteiger charge is -2.65. The van der Waals surface area contributed by atoms with Crippen LogP contribution in [-0.4, -0.2) is 42.1 Å². The Balaban J connectivity index is 1.32. The van der Waals surface area contributed by atoms with E-state index in [2.05, 4.69) is 23.6 Å². The van der Waals surface area contributed by atoms with Crippen molar-refractivity contribution in [2.45, 2.75) is 52.4 Å². The number of hydrogen-bond donors (Lipinski definition) is 1. The van der Waals surface area contributed by atoms with Gasteiger partial charge in [0.25, 0.3) is 0 Å². The molecule has 4 aliphatic carbocycles. The molecule has 1 aliphatic heterocycles. The van der Waals surface area contributed by atoms with E-state index in [-0.39, 0.29) is 5.41 Å². The quantitative estimate of drug-likeness (QED) is 0.857. The van der Waals surface area contributed by atoms with Crippen LogP contribution in [0.4, 0.5) is 5.69 Å². The molecular formula is C23H32N2O2. The molecule has 0 aromatic heterocycles. The smallest absolute Gasteiger partial charge is 0.228 e. The number of phenols is 1. The minimum Gasteiger partial charge on any atom is -0.506 e. The number of carbonyl (C=O) groups excluding carboxylic acids is 1. The van der Waals surface area contributed by atoms with Crippen molar-refractivity contribution < 1.29 is 9.90 Å². The highest BCUT2D eigenvalue weighted by Gasteiger charge is 2.63. The summed E-state index contributed by atoms with van der Waals surface area (Å²) in [5.41, 5.74) is 1.54. The van der Waals surface area contributed by atoms with Gasteiger partial charge in [-0.15, -0.1) is 0 Å². The number of carbonyl (C=O) groups is 1. The van der Waals surface area contributed by atoms with Crippen LogP contribution in [0.2, 0.25) is 0 Å². The lowest BCUT2D eigenvalue weighted by Crippen LogP contribution is -2.62. The maximum Gasteiger partial charge on any atom is 0.228 e. The number of nitrogens with zero attached hydrogens (tertiary/aromatic N) is 2. The number of amides is 1. The normalized spacial score (nSPS) is 40.4. The SMILES string of the molecule is CC12CC3CC(C)(C1)CC(C(=O)N1CCN(c4ccccc4O)CC1)(C3)C2. The molecule has 146 valence electrons. The van der Waals surface area contributed by atoms with Crippen molar-refractivity contribution in [3.8, 4) is 5.75 Å². The lowest BCUT2D eigenvalue weighted by molar-refractivity contribution is -0.179. The summed E-state index contributed by atoms with van der Waals surface area (Å²) in [6.45, 7) is 8.02. The van der Waals surface area contributed by atoms with Crippen LogP contribution in [-0.2, 0) is 4.79 Å². The predicted molar refractivity (Wildman–Crippen MR) is 107 cm³/mol. The molecule has 1 N–H and O–H groups in total. The summed E-state index contributed by atoms with van der Waals surface area (Å²) >= 11 is 0. The van der Waals surface area contributed by atoms with Gasteiger partial charge in [-0.05, 0) is 67.4 Å². The monoisotopic (exact) mass is 368 g/mol. The average molecular weight is 369 g/mol. The van der Waals surface area contributed by atoms with Crippen LogP contribution in [0.25, 0.3) is 0 Å². The van der Waals surface area contributed by atoms with Crippen molar-refractivity contribution in [1.82, 2.24) is 4.90 Å². The molecule has 1 aromatic carbocycles. The minimum atomic E-state index is -0.0972. The van der Waals surface area contributed by atoms with E-state index in [1.54, 1.807) is 6.07 Å². The summed E-state index contributed by atoms with van der Waals surface area (Å²) in [4.78, 5) is 18.0. The molecule has 4 saturated carbocycles. The first-order chi connectivity index (χ1) is 12.8. The van der Waals surface area contributed by atoms with Gasteiger partial charge >= 0.3 is 0 Å². The van der Waals surface area contributed by atoms with Crippen molar-refractivity contribution in [2.75, 3.05) is 31.1 Å². The van der Waals surface area contributed by atoms with Gasteiger partial charge in [-0.2, -0.15) is 0 Å². The molecule has 5 aliphatic rings. The summed E-state index contributed by atoms with van der Waals surface area (Å²) in [6.07, 6.45) is 7.30. The molecule has 4 bridgehead atoms. The van der Waals surface area contributed by atoms with Crippen molar-refractivity contribution in [3.63, 3.8) is 0 Å². The largest absolute Gasteiger partial charge is 0.506 e. The van der Waals surface area contributed by atoms with Crippen LogP contribution >= 0.6 is 0 Å². The highest BCUT2D eigenvalue weighted by molar-refractivity contribution is 5.84. The first-order valence-corrected chi connectivity index (χ1v) is 10.6. The van der Waals surface area contributed by atoms with Gasteiger partial charge in [0.1, 0.15) is 5.75 Å². The van der Waals surface area contributed by atoms with E-state index in [1.165, 1.54) is 19.3 Å². The van der Waals surface area contributed by atoms with Gasteiger partial charge in [-0.25, -0.2) is 0 Å². The third-order valence-corrected chi connectivity index (χ3v) is 7.87. The maximum absolute atomic E-state index is 13.7. The zero-order valence-electron chi connectivity index (χ0n) is 16.7. The average Bonchev–Trinajstić information content (AvgIpc) is 2.59. The van der Waals surface area contributed by atoms with Gasteiger partial charge in [-0.1, -0.05) is 26.0 Å². The Hall–Kier alpha value is -1.71. The van der Waals surface area contributed by atoms with Crippen LogP contribution in [0.15, 0.2) is 24.3 Å². The van der Waals surface area contributed by atoms with Crippen molar-refractivity contribution >= 4 is 11.6 Å². The van der Waals surface area contributed by atoms with Crippen molar-refractivity contribution in [1.29, 1.82) is 0 Å². The van der Waals surface area contributed by atoms with Crippen LogP contribution in [0.1, 0.15) is 52.4 Å². The zero-order chi connectivity index (χ0) is 18.9. The zero-order valence-corrected chi connectivity index (χ0v) is 16.7. The van der Waals surface area contributed by atoms with Gasteiger partial charge in [0.2, 0.25) is 5.91 Å². The molecule has 1 heterocycles. The van der Waals surface area contributed by atoms with E-state index in [9.17, 15) is 9.90 Å². The number of rotatable bonds is 2. The Morgan fingerprint density at radius 1 is 0.963 bits per heavy atom. The molecular weight excluding hydrogens is 336 g/mol. The second-order valence-electron chi connectivity index (χ2n) is 10.7. The summed E-state index contributed by atoms with van der Waals surface area (Å²) in [5, 5.41) is 10.1. The van der Waals surface area contributed by atoms with Crippen LogP contribution in [0.3, 0.4) is 0 Å². The summed E-state index contributed by atoms with van der Waals surface area (Å²) in [5.74, 6) is 1.52. The fraction of sp³-hybridized carbons (Fsp3) is 0.696. The molecule has 4 heteroatoms. The first kappa shape index (κ1) is 17.4. The molecule has 0 radical (unpaired) electrons. The standard InChI is InChI=1S/C23H32N2O2/c1-21-11-17-12-22(2,14-21)16-23(13-17,15-21)20(27)25-9-7-24(8-10-25)18-5-3-4-6-19(18)26/h3-6,17,26H,7-16H2,1-2H3. The van der Waals surface area contributed by atoms with E-state index in [4.69, 9.17) is 0 Å². The van der Waals surface area contributed by atoms with Gasteiger partial charge in [-0.3, -0.25) is 4.79 Å². The second-order valence-corrected chi connectivity index (χ2v) is 10.7. The second kappa shape index (κ2) is 5.65. The molecule has 0 spiro atoms. The molecule has 2 unspecified atom stereocenters. The highest BCUT2D eigenvalue weighted by atomic mass is 16.3. The van der Waals surface area contributed by atoms with Crippen LogP contribution in [0.5, 0.6) is 5.75 Å². The molecule has 1 amide bonds. The Morgan fingerprint density at radius 3 is 2.19 bits per heavy atom. The molecule has 6 rings (SSSR count). The number of anilines is 1. The van der Waals surface area contributed by atoms with E-state index >= 15 is 0 Å². The molecule has 27 heavy (non-hydrogen) atoms. The topological polar surface area (TPSA) is 43.8 Å². The van der Waals surface area contributed by atoms with Crippen LogP contribution < -0.4 is 4.90 Å². The van der Waals surface area contributed by atoms with E-state index < -0.39 is 0 Å². The van der Waals surface area contributed by atoms with Gasteiger partial charge < -0.3 is 14.9 Å². The number of hydrogen-bond acceptors (Lipinski definition) is 3. The molecule has 1 aromatic rings. The predicted octanol–water partition coefficient (Wildman–Crippen LogP) is 4.04. The Morgan fingerprint density at radius 2 is 1.59 bits per heavy atom. The maximum atomic E-state index is 13.7. The molecule has 1 saturated heterocycles.